The Hall–Kier alpha value is -1.20. The number of anilines is 1. The summed E-state index contributed by atoms with van der Waals surface area (Å²) in [6.45, 7) is 1.79. The molecule has 0 atom stereocenters. The van der Waals surface area contributed by atoms with Crippen LogP contribution < -0.4 is 15.4 Å². The third kappa shape index (κ3) is 2.92. The minimum Gasteiger partial charge on any atom is -0.490 e. The largest absolute Gasteiger partial charge is 0.490 e. The van der Waals surface area contributed by atoms with Crippen molar-refractivity contribution in [3.05, 3.63) is 24.3 Å². The van der Waals surface area contributed by atoms with Gasteiger partial charge >= 0.3 is 0 Å². The minimum atomic E-state index is 0.124. The highest BCUT2D eigenvalue weighted by Crippen LogP contribution is 2.31. The van der Waals surface area contributed by atoms with E-state index in [4.69, 9.17) is 10.5 Å². The van der Waals surface area contributed by atoms with Crippen LogP contribution in [-0.2, 0) is 4.79 Å². The molecule has 1 aliphatic heterocycles. The third-order valence-electron chi connectivity index (χ3n) is 2.52. The predicted octanol–water partition coefficient (Wildman–Crippen LogP) is 1.10. The van der Waals surface area contributed by atoms with Gasteiger partial charge in [0.1, 0.15) is 12.4 Å². The Labute approximate surface area is 105 Å². The number of thioether (sulfide) groups is 1. The van der Waals surface area contributed by atoms with Crippen molar-refractivity contribution in [2.75, 3.05) is 36.1 Å². The molecule has 4 nitrogen and oxygen atoms in total. The SMILES string of the molecule is NCCSCC(=O)N1CCOc2ccccc21. The van der Waals surface area contributed by atoms with E-state index < -0.39 is 0 Å². The first kappa shape index (κ1) is 12.3. The topological polar surface area (TPSA) is 55.6 Å². The number of hydrogen-bond donors (Lipinski definition) is 1. The van der Waals surface area contributed by atoms with E-state index in [-0.39, 0.29) is 5.91 Å². The van der Waals surface area contributed by atoms with Gasteiger partial charge in [-0.15, -0.1) is 0 Å². The lowest BCUT2D eigenvalue weighted by molar-refractivity contribution is -0.116. The van der Waals surface area contributed by atoms with Crippen molar-refractivity contribution < 1.29 is 9.53 Å². The van der Waals surface area contributed by atoms with Crippen molar-refractivity contribution >= 4 is 23.4 Å². The molecule has 2 rings (SSSR count). The van der Waals surface area contributed by atoms with Crippen LogP contribution in [0.5, 0.6) is 5.75 Å². The highest BCUT2D eigenvalue weighted by atomic mass is 32.2. The summed E-state index contributed by atoms with van der Waals surface area (Å²) in [5.74, 6) is 2.21. The summed E-state index contributed by atoms with van der Waals surface area (Å²) in [4.78, 5) is 13.8. The number of nitrogens with two attached hydrogens (primary N) is 1. The van der Waals surface area contributed by atoms with Gasteiger partial charge in [0.25, 0.3) is 0 Å². The molecule has 1 amide bonds. The number of fused-ring (bicyclic) bond motifs is 1. The fraction of sp³-hybridized carbons (Fsp3) is 0.417. The maximum atomic E-state index is 12.0. The number of para-hydroxylation sites is 2. The minimum absolute atomic E-state index is 0.124. The zero-order chi connectivity index (χ0) is 12.1. The first-order chi connectivity index (χ1) is 8.33. The molecule has 0 saturated carbocycles. The van der Waals surface area contributed by atoms with Crippen molar-refractivity contribution in [1.29, 1.82) is 0 Å². The Balaban J connectivity index is 2.05. The second kappa shape index (κ2) is 5.93. The van der Waals surface area contributed by atoms with E-state index in [0.717, 1.165) is 17.2 Å². The van der Waals surface area contributed by atoms with Gasteiger partial charge in [0, 0.05) is 12.3 Å². The molecule has 0 radical (unpaired) electrons. The first-order valence-electron chi connectivity index (χ1n) is 5.63. The molecule has 0 bridgehead atoms. The number of hydrogen-bond acceptors (Lipinski definition) is 4. The quantitative estimate of drug-likeness (QED) is 0.815. The molecule has 2 N–H and O–H groups in total. The van der Waals surface area contributed by atoms with Crippen LogP contribution in [0.25, 0.3) is 0 Å². The zero-order valence-corrected chi connectivity index (χ0v) is 10.4. The molecule has 92 valence electrons. The zero-order valence-electron chi connectivity index (χ0n) is 9.59. The monoisotopic (exact) mass is 252 g/mol. The Morgan fingerprint density at radius 1 is 1.47 bits per heavy atom. The summed E-state index contributed by atoms with van der Waals surface area (Å²) >= 11 is 1.57. The van der Waals surface area contributed by atoms with E-state index in [2.05, 4.69) is 0 Å². The number of benzene rings is 1. The van der Waals surface area contributed by atoms with Crippen LogP contribution in [0.4, 0.5) is 5.69 Å². The fourth-order valence-corrected chi connectivity index (χ4v) is 2.39. The molecule has 0 aliphatic carbocycles. The Bertz CT molecular complexity index is 398. The van der Waals surface area contributed by atoms with Crippen LogP contribution in [0.2, 0.25) is 0 Å². The maximum Gasteiger partial charge on any atom is 0.237 e. The van der Waals surface area contributed by atoms with Crippen LogP contribution in [0.1, 0.15) is 0 Å². The van der Waals surface area contributed by atoms with E-state index >= 15 is 0 Å². The van der Waals surface area contributed by atoms with Gasteiger partial charge in [-0.1, -0.05) is 12.1 Å². The number of rotatable bonds is 4. The number of carbonyl (C=O) groups is 1. The molecule has 1 aromatic carbocycles. The standard InChI is InChI=1S/C12H16N2O2S/c13-5-8-17-9-12(15)14-6-7-16-11-4-2-1-3-10(11)14/h1-4H,5-9,13H2. The molecule has 0 fully saturated rings. The van der Waals surface area contributed by atoms with Crippen LogP contribution in [0.15, 0.2) is 24.3 Å². The smallest absolute Gasteiger partial charge is 0.237 e. The average Bonchev–Trinajstić information content (AvgIpc) is 2.38. The maximum absolute atomic E-state index is 12.0. The number of carbonyl (C=O) groups excluding carboxylic acids is 1. The molecule has 0 aromatic heterocycles. The van der Waals surface area contributed by atoms with Crippen LogP contribution in [-0.4, -0.2) is 37.1 Å². The lowest BCUT2D eigenvalue weighted by Crippen LogP contribution is -2.39. The summed E-state index contributed by atoms with van der Waals surface area (Å²) < 4.78 is 5.51. The van der Waals surface area contributed by atoms with Crippen LogP contribution in [0.3, 0.4) is 0 Å². The van der Waals surface area contributed by atoms with Crippen molar-refractivity contribution in [3.63, 3.8) is 0 Å². The number of ether oxygens (including phenoxy) is 1. The Morgan fingerprint density at radius 3 is 3.12 bits per heavy atom. The van der Waals surface area contributed by atoms with Crippen LogP contribution in [0, 0.1) is 0 Å². The molecule has 1 heterocycles. The van der Waals surface area contributed by atoms with Gasteiger partial charge in [-0.3, -0.25) is 4.79 Å². The second-order valence-electron chi connectivity index (χ2n) is 3.70. The van der Waals surface area contributed by atoms with E-state index in [1.807, 2.05) is 24.3 Å². The summed E-state index contributed by atoms with van der Waals surface area (Å²) in [5, 5.41) is 0. The van der Waals surface area contributed by atoms with Gasteiger partial charge in [-0.05, 0) is 12.1 Å². The molecule has 1 aromatic rings. The van der Waals surface area contributed by atoms with E-state index in [0.29, 0.717) is 25.4 Å². The van der Waals surface area contributed by atoms with E-state index in [9.17, 15) is 4.79 Å². The van der Waals surface area contributed by atoms with Crippen molar-refractivity contribution in [3.8, 4) is 5.75 Å². The Kier molecular flexibility index (Phi) is 4.28. The first-order valence-corrected chi connectivity index (χ1v) is 6.78. The van der Waals surface area contributed by atoms with Gasteiger partial charge in [0.15, 0.2) is 0 Å². The summed E-state index contributed by atoms with van der Waals surface area (Å²) in [6, 6.07) is 7.64. The molecular weight excluding hydrogens is 236 g/mol. The molecular formula is C12H16N2O2S. The number of amides is 1. The lowest BCUT2D eigenvalue weighted by Gasteiger charge is -2.29. The molecule has 0 unspecified atom stereocenters. The summed E-state index contributed by atoms with van der Waals surface area (Å²) in [5.41, 5.74) is 6.28. The van der Waals surface area contributed by atoms with E-state index in [1.165, 1.54) is 0 Å². The normalized spacial score (nSPS) is 14.1. The molecule has 17 heavy (non-hydrogen) atoms. The van der Waals surface area contributed by atoms with Crippen molar-refractivity contribution in [2.45, 2.75) is 0 Å². The lowest BCUT2D eigenvalue weighted by atomic mass is 10.2. The Morgan fingerprint density at radius 2 is 2.29 bits per heavy atom. The number of nitrogens with zero attached hydrogens (tertiary/aromatic N) is 1. The van der Waals surface area contributed by atoms with Gasteiger partial charge in [-0.2, -0.15) is 11.8 Å². The fourth-order valence-electron chi connectivity index (χ4n) is 1.75. The van der Waals surface area contributed by atoms with E-state index in [1.54, 1.807) is 16.7 Å². The van der Waals surface area contributed by atoms with Crippen molar-refractivity contribution in [2.24, 2.45) is 5.73 Å². The van der Waals surface area contributed by atoms with Crippen molar-refractivity contribution in [1.82, 2.24) is 0 Å². The van der Waals surface area contributed by atoms with Gasteiger partial charge in [0.2, 0.25) is 5.91 Å². The van der Waals surface area contributed by atoms with Gasteiger partial charge in [0.05, 0.1) is 18.0 Å². The van der Waals surface area contributed by atoms with Crippen LogP contribution >= 0.6 is 11.8 Å². The van der Waals surface area contributed by atoms with Gasteiger partial charge in [-0.25, -0.2) is 0 Å². The molecule has 1 aliphatic rings. The molecule has 0 saturated heterocycles. The predicted molar refractivity (Wildman–Crippen MR) is 70.7 cm³/mol. The third-order valence-corrected chi connectivity index (χ3v) is 3.49. The highest BCUT2D eigenvalue weighted by molar-refractivity contribution is 7.99. The molecule has 0 spiro atoms. The highest BCUT2D eigenvalue weighted by Gasteiger charge is 2.22. The summed E-state index contributed by atoms with van der Waals surface area (Å²) in [7, 11) is 0. The summed E-state index contributed by atoms with van der Waals surface area (Å²) in [6.07, 6.45) is 0. The van der Waals surface area contributed by atoms with Gasteiger partial charge < -0.3 is 15.4 Å². The average molecular weight is 252 g/mol. The second-order valence-corrected chi connectivity index (χ2v) is 4.81. The molecule has 5 heteroatoms.